The highest BCUT2D eigenvalue weighted by molar-refractivity contribution is 5.76. The standard InChI is InChI=1S/C11H15N3O3/c1-7-10(13-4-3-12-7)17-8-5-9(14-6-8)11(15)16-2/h3-4,8-9,14H,5-6H2,1-2H3. The van der Waals surface area contributed by atoms with E-state index in [1.165, 1.54) is 7.11 Å². The molecule has 0 bridgehead atoms. The second-order valence-corrected chi connectivity index (χ2v) is 3.91. The molecule has 1 aromatic heterocycles. The Labute approximate surface area is 99.4 Å². The van der Waals surface area contributed by atoms with Gasteiger partial charge in [0.2, 0.25) is 5.88 Å². The Balaban J connectivity index is 1.94. The molecular formula is C11H15N3O3. The van der Waals surface area contributed by atoms with Gasteiger partial charge in [-0.2, -0.15) is 0 Å². The number of carbonyl (C=O) groups is 1. The zero-order valence-corrected chi connectivity index (χ0v) is 9.84. The lowest BCUT2D eigenvalue weighted by Gasteiger charge is -2.12. The summed E-state index contributed by atoms with van der Waals surface area (Å²) in [5.74, 6) is 0.261. The van der Waals surface area contributed by atoms with Crippen molar-refractivity contribution in [3.05, 3.63) is 18.1 Å². The molecule has 0 spiro atoms. The molecule has 1 aliphatic heterocycles. The van der Waals surface area contributed by atoms with Crippen LogP contribution < -0.4 is 10.1 Å². The van der Waals surface area contributed by atoms with Crippen molar-refractivity contribution in [2.45, 2.75) is 25.5 Å². The lowest BCUT2D eigenvalue weighted by atomic mass is 10.2. The Bertz CT molecular complexity index is 411. The average Bonchev–Trinajstić information content (AvgIpc) is 2.80. The van der Waals surface area contributed by atoms with E-state index in [-0.39, 0.29) is 18.1 Å². The minimum absolute atomic E-state index is 0.0745. The van der Waals surface area contributed by atoms with Gasteiger partial charge in [0.1, 0.15) is 12.1 Å². The number of hydrogen-bond acceptors (Lipinski definition) is 6. The number of carbonyl (C=O) groups excluding carboxylic acids is 1. The minimum Gasteiger partial charge on any atom is -0.472 e. The summed E-state index contributed by atoms with van der Waals surface area (Å²) in [6.45, 7) is 2.44. The number of methoxy groups -OCH3 is 1. The zero-order chi connectivity index (χ0) is 12.3. The molecule has 1 N–H and O–H groups in total. The zero-order valence-electron chi connectivity index (χ0n) is 9.84. The summed E-state index contributed by atoms with van der Waals surface area (Å²) in [7, 11) is 1.38. The van der Waals surface area contributed by atoms with Crippen LogP contribution in [0.5, 0.6) is 5.88 Å². The molecule has 17 heavy (non-hydrogen) atoms. The Morgan fingerprint density at radius 3 is 2.94 bits per heavy atom. The van der Waals surface area contributed by atoms with Crippen molar-refractivity contribution in [3.8, 4) is 5.88 Å². The van der Waals surface area contributed by atoms with E-state index >= 15 is 0 Å². The molecule has 0 aromatic carbocycles. The van der Waals surface area contributed by atoms with Crippen molar-refractivity contribution in [1.29, 1.82) is 0 Å². The van der Waals surface area contributed by atoms with Crippen LogP contribution in [0, 0.1) is 6.92 Å². The van der Waals surface area contributed by atoms with E-state index in [9.17, 15) is 4.79 Å². The van der Waals surface area contributed by atoms with Crippen molar-refractivity contribution in [1.82, 2.24) is 15.3 Å². The molecule has 2 rings (SSSR count). The van der Waals surface area contributed by atoms with Crippen LogP contribution in [0.3, 0.4) is 0 Å². The molecular weight excluding hydrogens is 222 g/mol. The molecule has 2 heterocycles. The van der Waals surface area contributed by atoms with Gasteiger partial charge in [-0.25, -0.2) is 4.98 Å². The summed E-state index contributed by atoms with van der Waals surface area (Å²) in [6.07, 6.45) is 3.71. The van der Waals surface area contributed by atoms with Crippen LogP contribution in [-0.4, -0.2) is 41.7 Å². The Morgan fingerprint density at radius 1 is 1.47 bits per heavy atom. The number of nitrogens with zero attached hydrogens (tertiary/aromatic N) is 2. The molecule has 1 aromatic rings. The fourth-order valence-corrected chi connectivity index (χ4v) is 1.78. The second-order valence-electron chi connectivity index (χ2n) is 3.91. The first-order valence-electron chi connectivity index (χ1n) is 5.46. The molecule has 1 aliphatic rings. The lowest BCUT2D eigenvalue weighted by Crippen LogP contribution is -2.31. The van der Waals surface area contributed by atoms with Crippen molar-refractivity contribution >= 4 is 5.97 Å². The third-order valence-electron chi connectivity index (χ3n) is 2.69. The van der Waals surface area contributed by atoms with E-state index in [4.69, 9.17) is 4.74 Å². The molecule has 0 aliphatic carbocycles. The van der Waals surface area contributed by atoms with E-state index in [0.29, 0.717) is 18.8 Å². The quantitative estimate of drug-likeness (QED) is 0.750. The molecule has 6 nitrogen and oxygen atoms in total. The van der Waals surface area contributed by atoms with Gasteiger partial charge >= 0.3 is 5.97 Å². The van der Waals surface area contributed by atoms with Gasteiger partial charge in [0.05, 0.1) is 12.8 Å². The molecule has 1 fully saturated rings. The largest absolute Gasteiger partial charge is 0.472 e. The highest BCUT2D eigenvalue weighted by atomic mass is 16.5. The minimum atomic E-state index is -0.290. The van der Waals surface area contributed by atoms with Gasteiger partial charge in [-0.05, 0) is 6.92 Å². The Morgan fingerprint density at radius 2 is 2.24 bits per heavy atom. The maximum absolute atomic E-state index is 11.3. The molecule has 0 saturated carbocycles. The third kappa shape index (κ3) is 2.71. The molecule has 1 saturated heterocycles. The van der Waals surface area contributed by atoms with Crippen molar-refractivity contribution in [2.24, 2.45) is 0 Å². The molecule has 6 heteroatoms. The summed E-state index contributed by atoms with van der Waals surface area (Å²) in [4.78, 5) is 19.5. The number of rotatable bonds is 3. The van der Waals surface area contributed by atoms with Crippen LogP contribution in [0.2, 0.25) is 0 Å². The number of esters is 1. The van der Waals surface area contributed by atoms with Crippen molar-refractivity contribution in [2.75, 3.05) is 13.7 Å². The maximum atomic E-state index is 11.3. The summed E-state index contributed by atoms with van der Waals surface area (Å²) in [5, 5.41) is 3.05. The van der Waals surface area contributed by atoms with Gasteiger partial charge < -0.3 is 14.8 Å². The first kappa shape index (κ1) is 11.8. The lowest BCUT2D eigenvalue weighted by molar-refractivity contribution is -0.142. The second kappa shape index (κ2) is 5.09. The fraction of sp³-hybridized carbons (Fsp3) is 0.545. The van der Waals surface area contributed by atoms with Crippen molar-refractivity contribution in [3.63, 3.8) is 0 Å². The SMILES string of the molecule is COC(=O)C1CC(Oc2nccnc2C)CN1. The van der Waals surface area contributed by atoms with Crippen LogP contribution >= 0.6 is 0 Å². The summed E-state index contributed by atoms with van der Waals surface area (Å²) in [5.41, 5.74) is 0.744. The molecule has 0 radical (unpaired) electrons. The molecule has 2 atom stereocenters. The Kier molecular flexibility index (Phi) is 3.53. The van der Waals surface area contributed by atoms with E-state index in [1.807, 2.05) is 6.92 Å². The Hall–Kier alpha value is -1.69. The van der Waals surface area contributed by atoms with Crippen LogP contribution in [0.15, 0.2) is 12.4 Å². The first-order valence-corrected chi connectivity index (χ1v) is 5.46. The van der Waals surface area contributed by atoms with Gasteiger partial charge in [-0.3, -0.25) is 9.78 Å². The van der Waals surface area contributed by atoms with Crippen LogP contribution in [0.1, 0.15) is 12.1 Å². The van der Waals surface area contributed by atoms with Crippen molar-refractivity contribution < 1.29 is 14.3 Å². The van der Waals surface area contributed by atoms with Gasteiger partial charge in [0.25, 0.3) is 0 Å². The smallest absolute Gasteiger partial charge is 0.323 e. The predicted octanol–water partition coefficient (Wildman–Crippen LogP) is 0.0673. The molecule has 92 valence electrons. The van der Waals surface area contributed by atoms with Crippen LogP contribution in [0.4, 0.5) is 0 Å². The number of ether oxygens (including phenoxy) is 2. The predicted molar refractivity (Wildman–Crippen MR) is 59.6 cm³/mol. The molecule has 0 amide bonds. The van der Waals surface area contributed by atoms with Gasteiger partial charge in [0, 0.05) is 25.4 Å². The number of hydrogen-bond donors (Lipinski definition) is 1. The van der Waals surface area contributed by atoms with Gasteiger partial charge in [-0.15, -0.1) is 0 Å². The van der Waals surface area contributed by atoms with E-state index in [2.05, 4.69) is 20.0 Å². The van der Waals surface area contributed by atoms with Crippen LogP contribution in [0.25, 0.3) is 0 Å². The summed E-state index contributed by atoms with van der Waals surface area (Å²) in [6, 6.07) is -0.290. The normalized spacial score (nSPS) is 23.4. The van der Waals surface area contributed by atoms with E-state index in [1.54, 1.807) is 12.4 Å². The van der Waals surface area contributed by atoms with Gasteiger partial charge in [0.15, 0.2) is 0 Å². The van der Waals surface area contributed by atoms with Crippen LogP contribution in [-0.2, 0) is 9.53 Å². The average molecular weight is 237 g/mol. The summed E-state index contributed by atoms with van der Waals surface area (Å²) >= 11 is 0. The number of aryl methyl sites for hydroxylation is 1. The third-order valence-corrected chi connectivity index (χ3v) is 2.69. The highest BCUT2D eigenvalue weighted by Gasteiger charge is 2.31. The van der Waals surface area contributed by atoms with Gasteiger partial charge in [-0.1, -0.05) is 0 Å². The number of aromatic nitrogens is 2. The highest BCUT2D eigenvalue weighted by Crippen LogP contribution is 2.17. The van der Waals surface area contributed by atoms with E-state index in [0.717, 1.165) is 5.69 Å². The monoisotopic (exact) mass is 237 g/mol. The first-order chi connectivity index (χ1) is 8.20. The van der Waals surface area contributed by atoms with E-state index < -0.39 is 0 Å². The topological polar surface area (TPSA) is 73.3 Å². The molecule has 2 unspecified atom stereocenters. The fourth-order valence-electron chi connectivity index (χ4n) is 1.78. The summed E-state index contributed by atoms with van der Waals surface area (Å²) < 4.78 is 10.4. The number of nitrogens with one attached hydrogen (secondary N) is 1. The maximum Gasteiger partial charge on any atom is 0.323 e.